The van der Waals surface area contributed by atoms with Crippen LogP contribution in [0.4, 0.5) is 11.4 Å². The van der Waals surface area contributed by atoms with Gasteiger partial charge in [0.2, 0.25) is 0 Å². The lowest BCUT2D eigenvalue weighted by Gasteiger charge is -2.17. The van der Waals surface area contributed by atoms with E-state index in [9.17, 15) is 10.1 Å². The Morgan fingerprint density at radius 1 is 1.53 bits per heavy atom. The minimum Gasteiger partial charge on any atom is -0.376 e. The smallest absolute Gasteiger partial charge is 0.292 e. The van der Waals surface area contributed by atoms with Crippen LogP contribution in [-0.4, -0.2) is 11.0 Å². The third kappa shape index (κ3) is 2.75. The first-order chi connectivity index (χ1) is 8.11. The number of aryl methyl sites for hydroxylation is 1. The van der Waals surface area contributed by atoms with E-state index in [4.69, 9.17) is 0 Å². The second kappa shape index (κ2) is 4.73. The van der Waals surface area contributed by atoms with E-state index < -0.39 is 0 Å². The highest BCUT2D eigenvalue weighted by atomic mass is 16.6. The van der Waals surface area contributed by atoms with Gasteiger partial charge in [0.05, 0.1) is 4.92 Å². The van der Waals surface area contributed by atoms with Crippen molar-refractivity contribution in [3.8, 4) is 0 Å². The molecule has 4 nitrogen and oxygen atoms in total. The molecular weight excluding hydrogens is 216 g/mol. The van der Waals surface area contributed by atoms with E-state index in [1.165, 1.54) is 12.8 Å². The van der Waals surface area contributed by atoms with Gasteiger partial charge in [-0.2, -0.15) is 0 Å². The number of anilines is 1. The molecule has 1 N–H and O–H groups in total. The molecule has 0 saturated heterocycles. The van der Waals surface area contributed by atoms with E-state index in [1.807, 2.05) is 19.1 Å². The van der Waals surface area contributed by atoms with Gasteiger partial charge in [-0.3, -0.25) is 10.1 Å². The van der Waals surface area contributed by atoms with Gasteiger partial charge in [0.25, 0.3) is 5.69 Å². The SMILES string of the molecule is CCC(Nc1ccc(C)cc1[N+](=O)[O-])C1CC1. The van der Waals surface area contributed by atoms with Crippen LogP contribution in [0.3, 0.4) is 0 Å². The van der Waals surface area contributed by atoms with Gasteiger partial charge >= 0.3 is 0 Å². The predicted octanol–water partition coefficient (Wildman–Crippen LogP) is 3.50. The molecule has 0 heterocycles. The number of hydrogen-bond acceptors (Lipinski definition) is 3. The van der Waals surface area contributed by atoms with Crippen molar-refractivity contribution in [3.05, 3.63) is 33.9 Å². The van der Waals surface area contributed by atoms with E-state index in [2.05, 4.69) is 12.2 Å². The predicted molar refractivity (Wildman–Crippen MR) is 68.3 cm³/mol. The van der Waals surface area contributed by atoms with Crippen LogP contribution in [0.25, 0.3) is 0 Å². The molecule has 1 aromatic rings. The van der Waals surface area contributed by atoms with E-state index >= 15 is 0 Å². The van der Waals surface area contributed by atoms with Crippen molar-refractivity contribution in [1.29, 1.82) is 0 Å². The van der Waals surface area contributed by atoms with E-state index in [0.29, 0.717) is 17.6 Å². The molecule has 0 radical (unpaired) electrons. The molecule has 0 aliphatic heterocycles. The molecule has 1 atom stereocenters. The third-order valence-electron chi connectivity index (χ3n) is 3.32. The molecule has 0 amide bonds. The molecule has 4 heteroatoms. The molecule has 2 rings (SSSR count). The maximum absolute atomic E-state index is 11.0. The molecule has 17 heavy (non-hydrogen) atoms. The summed E-state index contributed by atoms with van der Waals surface area (Å²) in [6.07, 6.45) is 3.49. The number of nitrogens with zero attached hydrogens (tertiary/aromatic N) is 1. The normalized spacial score (nSPS) is 16.6. The Morgan fingerprint density at radius 3 is 2.76 bits per heavy atom. The molecule has 0 bridgehead atoms. The standard InChI is InChI=1S/C13H18N2O2/c1-3-11(10-5-6-10)14-12-7-4-9(2)8-13(12)15(16)17/h4,7-8,10-11,14H,3,5-6H2,1-2H3. The maximum atomic E-state index is 11.0. The number of nitrogens with one attached hydrogen (secondary N) is 1. The Balaban J connectivity index is 2.21. The lowest BCUT2D eigenvalue weighted by molar-refractivity contribution is -0.384. The summed E-state index contributed by atoms with van der Waals surface area (Å²) < 4.78 is 0. The van der Waals surface area contributed by atoms with Gasteiger partial charge in [-0.15, -0.1) is 0 Å². The lowest BCUT2D eigenvalue weighted by Crippen LogP contribution is -2.21. The minimum absolute atomic E-state index is 0.184. The fraction of sp³-hybridized carbons (Fsp3) is 0.538. The van der Waals surface area contributed by atoms with Crippen molar-refractivity contribution >= 4 is 11.4 Å². The van der Waals surface area contributed by atoms with Gasteiger partial charge in [0, 0.05) is 12.1 Å². The molecule has 1 saturated carbocycles. The Bertz CT molecular complexity index is 427. The Morgan fingerprint density at radius 2 is 2.24 bits per heavy atom. The molecule has 1 fully saturated rings. The molecular formula is C13H18N2O2. The second-order valence-electron chi connectivity index (χ2n) is 4.77. The van der Waals surface area contributed by atoms with Gasteiger partial charge in [-0.05, 0) is 43.7 Å². The molecule has 1 aliphatic carbocycles. The van der Waals surface area contributed by atoms with Crippen LogP contribution in [0.15, 0.2) is 18.2 Å². The first-order valence-corrected chi connectivity index (χ1v) is 6.13. The van der Waals surface area contributed by atoms with Gasteiger partial charge < -0.3 is 5.32 Å². The van der Waals surface area contributed by atoms with Gasteiger partial charge in [-0.1, -0.05) is 13.0 Å². The van der Waals surface area contributed by atoms with Crippen LogP contribution in [0.5, 0.6) is 0 Å². The summed E-state index contributed by atoms with van der Waals surface area (Å²) in [5, 5.41) is 14.3. The van der Waals surface area contributed by atoms with Crippen molar-refractivity contribution in [2.24, 2.45) is 5.92 Å². The molecule has 0 spiro atoms. The number of rotatable bonds is 5. The van der Waals surface area contributed by atoms with Crippen LogP contribution in [-0.2, 0) is 0 Å². The van der Waals surface area contributed by atoms with Crippen LogP contribution in [0, 0.1) is 23.0 Å². The monoisotopic (exact) mass is 234 g/mol. The first kappa shape index (κ1) is 11.9. The zero-order valence-corrected chi connectivity index (χ0v) is 10.3. The minimum atomic E-state index is -0.311. The Labute approximate surface area is 101 Å². The first-order valence-electron chi connectivity index (χ1n) is 6.13. The maximum Gasteiger partial charge on any atom is 0.292 e. The summed E-state index contributed by atoms with van der Waals surface area (Å²) in [6.45, 7) is 3.99. The summed E-state index contributed by atoms with van der Waals surface area (Å²) >= 11 is 0. The summed E-state index contributed by atoms with van der Waals surface area (Å²) in [5.41, 5.74) is 1.75. The van der Waals surface area contributed by atoms with Crippen LogP contribution < -0.4 is 5.32 Å². The summed E-state index contributed by atoms with van der Waals surface area (Å²) in [5.74, 6) is 0.695. The summed E-state index contributed by atoms with van der Waals surface area (Å²) in [4.78, 5) is 10.7. The average Bonchev–Trinajstić information content (AvgIpc) is 3.11. The van der Waals surface area contributed by atoms with Crippen LogP contribution in [0.2, 0.25) is 0 Å². The molecule has 1 aliphatic rings. The van der Waals surface area contributed by atoms with Gasteiger partial charge in [-0.25, -0.2) is 0 Å². The van der Waals surface area contributed by atoms with E-state index in [0.717, 1.165) is 12.0 Å². The average molecular weight is 234 g/mol. The topological polar surface area (TPSA) is 55.2 Å². The van der Waals surface area contributed by atoms with Crippen LogP contribution >= 0.6 is 0 Å². The second-order valence-corrected chi connectivity index (χ2v) is 4.77. The fourth-order valence-electron chi connectivity index (χ4n) is 2.17. The number of benzene rings is 1. The lowest BCUT2D eigenvalue weighted by atomic mass is 10.1. The highest BCUT2D eigenvalue weighted by molar-refractivity contribution is 5.63. The fourth-order valence-corrected chi connectivity index (χ4v) is 2.17. The molecule has 92 valence electrons. The van der Waals surface area contributed by atoms with Crippen molar-refractivity contribution in [1.82, 2.24) is 0 Å². The molecule has 0 aromatic heterocycles. The van der Waals surface area contributed by atoms with E-state index in [1.54, 1.807) is 6.07 Å². The Hall–Kier alpha value is -1.58. The summed E-state index contributed by atoms with van der Waals surface area (Å²) in [7, 11) is 0. The van der Waals surface area contributed by atoms with E-state index in [-0.39, 0.29) is 10.6 Å². The highest BCUT2D eigenvalue weighted by Gasteiger charge is 2.31. The Kier molecular flexibility index (Phi) is 3.31. The quantitative estimate of drug-likeness (QED) is 0.626. The van der Waals surface area contributed by atoms with Crippen molar-refractivity contribution in [2.75, 3.05) is 5.32 Å². The van der Waals surface area contributed by atoms with Gasteiger partial charge in [0.15, 0.2) is 0 Å². The number of nitro benzene ring substituents is 1. The van der Waals surface area contributed by atoms with Crippen molar-refractivity contribution in [2.45, 2.75) is 39.2 Å². The molecule has 1 unspecified atom stereocenters. The van der Waals surface area contributed by atoms with Gasteiger partial charge in [0.1, 0.15) is 5.69 Å². The number of nitro groups is 1. The summed E-state index contributed by atoms with van der Waals surface area (Å²) in [6, 6.07) is 5.73. The zero-order valence-electron chi connectivity index (χ0n) is 10.3. The third-order valence-corrected chi connectivity index (χ3v) is 3.32. The largest absolute Gasteiger partial charge is 0.376 e. The van der Waals surface area contributed by atoms with Crippen molar-refractivity contribution < 1.29 is 4.92 Å². The highest BCUT2D eigenvalue weighted by Crippen LogP contribution is 2.37. The van der Waals surface area contributed by atoms with Crippen LogP contribution in [0.1, 0.15) is 31.7 Å². The van der Waals surface area contributed by atoms with Crippen molar-refractivity contribution in [3.63, 3.8) is 0 Å². The zero-order chi connectivity index (χ0) is 12.4. The number of hydrogen-bond donors (Lipinski definition) is 1. The molecule has 1 aromatic carbocycles.